The molecule has 0 fully saturated rings. The zero-order valence-electron chi connectivity index (χ0n) is 20.7. The molecule has 36 heavy (non-hydrogen) atoms. The van der Waals surface area contributed by atoms with Crippen LogP contribution in [0, 0.1) is 11.3 Å². The van der Waals surface area contributed by atoms with E-state index in [1.807, 2.05) is 36.4 Å². The molecule has 3 N–H and O–H groups in total. The highest BCUT2D eigenvalue weighted by Gasteiger charge is 2.19. The lowest BCUT2D eigenvalue weighted by Crippen LogP contribution is -2.41. The van der Waals surface area contributed by atoms with Gasteiger partial charge in [0.25, 0.3) is 0 Å². The predicted molar refractivity (Wildman–Crippen MR) is 133 cm³/mol. The summed E-state index contributed by atoms with van der Waals surface area (Å²) in [4.78, 5) is 35.6. The van der Waals surface area contributed by atoms with Gasteiger partial charge in [0.1, 0.15) is 11.6 Å². The monoisotopic (exact) mass is 494 g/mol. The number of nitriles is 1. The van der Waals surface area contributed by atoms with Crippen LogP contribution in [0.2, 0.25) is 0 Å². The molecule has 0 saturated heterocycles. The number of ether oxygens (including phenoxy) is 1. The van der Waals surface area contributed by atoms with E-state index in [1.165, 1.54) is 4.57 Å². The molecule has 0 aliphatic rings. The summed E-state index contributed by atoms with van der Waals surface area (Å²) < 4.78 is 11.7. The molecule has 10 nitrogen and oxygen atoms in total. The summed E-state index contributed by atoms with van der Waals surface area (Å²) in [6.07, 6.45) is -1.80. The number of fused-ring (bicyclic) bond motifs is 1. The first-order valence-electron chi connectivity index (χ1n) is 11.5. The van der Waals surface area contributed by atoms with E-state index >= 15 is 0 Å². The Labute approximate surface area is 208 Å². The molecule has 190 valence electrons. The van der Waals surface area contributed by atoms with Crippen molar-refractivity contribution < 1.29 is 23.8 Å². The molecule has 3 rings (SSSR count). The van der Waals surface area contributed by atoms with Crippen LogP contribution < -0.4 is 16.4 Å². The highest BCUT2D eigenvalue weighted by Crippen LogP contribution is 2.24. The number of aryl methyl sites for hydroxylation is 1. The van der Waals surface area contributed by atoms with Crippen LogP contribution >= 0.6 is 0 Å². The van der Waals surface area contributed by atoms with Crippen LogP contribution in [-0.2, 0) is 23.0 Å². The van der Waals surface area contributed by atoms with Gasteiger partial charge in [-0.3, -0.25) is 9.36 Å². The fraction of sp³-hybridized carbons (Fsp3) is 0.385. The van der Waals surface area contributed by atoms with Crippen LogP contribution in [0.3, 0.4) is 0 Å². The van der Waals surface area contributed by atoms with Crippen LogP contribution in [0.1, 0.15) is 32.8 Å². The summed E-state index contributed by atoms with van der Waals surface area (Å²) in [5, 5.41) is 24.5. The Hall–Kier alpha value is -4.10. The maximum absolute atomic E-state index is 12.3. The lowest BCUT2D eigenvalue weighted by Gasteiger charge is -2.20. The number of carbonyl (C=O) groups excluding carboxylic acids is 2. The van der Waals surface area contributed by atoms with E-state index in [0.717, 1.165) is 16.7 Å². The van der Waals surface area contributed by atoms with Crippen LogP contribution in [-0.4, -0.2) is 46.0 Å². The standard InChI is InChI=1S/C26H30N4O6/c1-26(2,3)36-24(33)28-15-20(31)13-23(32)29-19(14-27)11-16-5-7-17(8-6-16)18-9-10-22-21(12-18)30(4)25(34)35-22/h5-10,12,19-20,31H,11,13,15H2,1-4H3,(H,28,33)(H,29,32)/t19-,20+/m0/s1. The summed E-state index contributed by atoms with van der Waals surface area (Å²) in [7, 11) is 1.65. The minimum Gasteiger partial charge on any atom is -0.444 e. The van der Waals surface area contributed by atoms with Crippen LogP contribution in [0.4, 0.5) is 4.79 Å². The molecule has 2 amide bonds. The van der Waals surface area contributed by atoms with Gasteiger partial charge in [-0.15, -0.1) is 0 Å². The Balaban J connectivity index is 1.53. The fourth-order valence-corrected chi connectivity index (χ4v) is 3.56. The van der Waals surface area contributed by atoms with E-state index in [2.05, 4.69) is 16.7 Å². The number of hydrogen-bond donors (Lipinski definition) is 3. The lowest BCUT2D eigenvalue weighted by molar-refractivity contribution is -0.123. The second-order valence-corrected chi connectivity index (χ2v) is 9.50. The summed E-state index contributed by atoms with van der Waals surface area (Å²) >= 11 is 0. The first-order chi connectivity index (χ1) is 16.9. The van der Waals surface area contributed by atoms with Gasteiger partial charge in [0.05, 0.1) is 24.1 Å². The Morgan fingerprint density at radius 2 is 1.83 bits per heavy atom. The third-order valence-corrected chi connectivity index (χ3v) is 5.31. The average Bonchev–Trinajstić information content (AvgIpc) is 3.09. The Morgan fingerprint density at radius 1 is 1.17 bits per heavy atom. The smallest absolute Gasteiger partial charge is 0.419 e. The van der Waals surface area contributed by atoms with Crippen molar-refractivity contribution in [2.24, 2.45) is 7.05 Å². The van der Waals surface area contributed by atoms with Crippen molar-refractivity contribution in [3.8, 4) is 17.2 Å². The molecule has 2 aromatic carbocycles. The molecule has 3 aromatic rings. The van der Waals surface area contributed by atoms with Gasteiger partial charge in [-0.1, -0.05) is 30.3 Å². The molecule has 1 heterocycles. The molecule has 0 bridgehead atoms. The van der Waals surface area contributed by atoms with Gasteiger partial charge in [-0.05, 0) is 49.6 Å². The Morgan fingerprint density at radius 3 is 2.47 bits per heavy atom. The van der Waals surface area contributed by atoms with Gasteiger partial charge in [0.15, 0.2) is 5.58 Å². The minimum absolute atomic E-state index is 0.153. The van der Waals surface area contributed by atoms with Crippen molar-refractivity contribution in [3.05, 3.63) is 58.6 Å². The van der Waals surface area contributed by atoms with Crippen LogP contribution in [0.25, 0.3) is 22.2 Å². The number of amides is 2. The first kappa shape index (κ1) is 26.5. The predicted octanol–water partition coefficient (Wildman–Crippen LogP) is 2.63. The molecule has 0 aliphatic heterocycles. The van der Waals surface area contributed by atoms with E-state index in [4.69, 9.17) is 9.15 Å². The van der Waals surface area contributed by atoms with Crippen molar-refractivity contribution in [2.45, 2.75) is 51.4 Å². The van der Waals surface area contributed by atoms with Gasteiger partial charge in [0, 0.05) is 20.0 Å². The molecule has 0 saturated carbocycles. The van der Waals surface area contributed by atoms with Crippen molar-refractivity contribution in [3.63, 3.8) is 0 Å². The van der Waals surface area contributed by atoms with E-state index in [9.17, 15) is 24.8 Å². The van der Waals surface area contributed by atoms with Gasteiger partial charge in [-0.2, -0.15) is 5.26 Å². The largest absolute Gasteiger partial charge is 0.444 e. The van der Waals surface area contributed by atoms with Gasteiger partial charge < -0.3 is 24.9 Å². The van der Waals surface area contributed by atoms with Crippen LogP contribution in [0.15, 0.2) is 51.7 Å². The van der Waals surface area contributed by atoms with Crippen molar-refractivity contribution in [1.82, 2.24) is 15.2 Å². The normalized spacial score (nSPS) is 13.0. The van der Waals surface area contributed by atoms with Gasteiger partial charge >= 0.3 is 11.8 Å². The van der Waals surface area contributed by atoms with Crippen molar-refractivity contribution in [2.75, 3.05) is 6.54 Å². The Bertz CT molecular complexity index is 1330. The topological polar surface area (TPSA) is 147 Å². The molecule has 2 atom stereocenters. The maximum atomic E-state index is 12.3. The number of hydrogen-bond acceptors (Lipinski definition) is 7. The number of aromatic nitrogens is 1. The first-order valence-corrected chi connectivity index (χ1v) is 11.5. The summed E-state index contributed by atoms with van der Waals surface area (Å²) in [6, 6.07) is 14.3. The molecule has 1 aromatic heterocycles. The molecule has 0 spiro atoms. The number of oxazole rings is 1. The molecule has 0 aliphatic carbocycles. The quantitative estimate of drug-likeness (QED) is 0.436. The summed E-state index contributed by atoms with van der Waals surface area (Å²) in [6.45, 7) is 5.00. The van der Waals surface area contributed by atoms with E-state index < -0.39 is 35.5 Å². The summed E-state index contributed by atoms with van der Waals surface area (Å²) in [5.41, 5.74) is 3.21. The zero-order chi connectivity index (χ0) is 26.5. The second-order valence-electron chi connectivity index (χ2n) is 9.50. The number of rotatable bonds is 8. The van der Waals surface area contributed by atoms with Crippen LogP contribution in [0.5, 0.6) is 0 Å². The summed E-state index contributed by atoms with van der Waals surface area (Å²) in [5.74, 6) is -0.926. The van der Waals surface area contributed by atoms with Crippen molar-refractivity contribution in [1.29, 1.82) is 5.26 Å². The maximum Gasteiger partial charge on any atom is 0.419 e. The third kappa shape index (κ3) is 7.20. The van der Waals surface area contributed by atoms with E-state index in [0.29, 0.717) is 11.1 Å². The number of nitrogens with one attached hydrogen (secondary N) is 2. The number of alkyl carbamates (subject to hydrolysis) is 1. The highest BCUT2D eigenvalue weighted by molar-refractivity contribution is 5.80. The number of carbonyl (C=O) groups is 2. The van der Waals surface area contributed by atoms with Gasteiger partial charge in [-0.25, -0.2) is 9.59 Å². The number of benzene rings is 2. The molecular formula is C26H30N4O6. The highest BCUT2D eigenvalue weighted by atomic mass is 16.6. The number of aliphatic hydroxyl groups excluding tert-OH is 1. The molecule has 10 heteroatoms. The average molecular weight is 495 g/mol. The molecular weight excluding hydrogens is 464 g/mol. The minimum atomic E-state index is -1.12. The molecule has 0 radical (unpaired) electrons. The van der Waals surface area contributed by atoms with Gasteiger partial charge in [0.2, 0.25) is 5.91 Å². The van der Waals surface area contributed by atoms with Crippen molar-refractivity contribution >= 4 is 23.1 Å². The number of aliphatic hydroxyl groups is 1. The fourth-order valence-electron chi connectivity index (χ4n) is 3.56. The van der Waals surface area contributed by atoms with E-state index in [1.54, 1.807) is 33.9 Å². The molecule has 0 unspecified atom stereocenters. The third-order valence-electron chi connectivity index (χ3n) is 5.31. The van der Waals surface area contributed by atoms with E-state index in [-0.39, 0.29) is 19.4 Å². The number of nitrogens with zero attached hydrogens (tertiary/aromatic N) is 2. The lowest BCUT2D eigenvalue weighted by atomic mass is 10.0. The second kappa shape index (κ2) is 11.1. The zero-order valence-corrected chi connectivity index (χ0v) is 20.7. The Kier molecular flexibility index (Phi) is 8.17. The SMILES string of the molecule is Cn1c(=O)oc2ccc(-c3ccc(C[C@@H](C#N)NC(=O)C[C@@H](O)CNC(=O)OC(C)(C)C)cc3)cc21.